The van der Waals surface area contributed by atoms with E-state index in [1.165, 1.54) is 0 Å². The maximum atomic E-state index is 11.4. The zero-order valence-electron chi connectivity index (χ0n) is 9.31. The highest BCUT2D eigenvalue weighted by Crippen LogP contribution is 2.01. The average Bonchev–Trinajstić information content (AvgIpc) is 2.91. The van der Waals surface area contributed by atoms with Crippen LogP contribution in [-0.2, 0) is 16.1 Å². The van der Waals surface area contributed by atoms with Crippen LogP contribution >= 0.6 is 0 Å². The van der Waals surface area contributed by atoms with E-state index in [0.29, 0.717) is 0 Å². The number of oxime groups is 1. The Hall–Kier alpha value is -2.70. The van der Waals surface area contributed by atoms with E-state index in [-0.39, 0.29) is 18.1 Å². The maximum absolute atomic E-state index is 11.4. The smallest absolute Gasteiger partial charge is 0.339 e. The van der Waals surface area contributed by atoms with Crippen LogP contribution in [0.5, 0.6) is 0 Å². The number of aromatic nitrogens is 2. The molecule has 0 saturated heterocycles. The lowest BCUT2D eigenvalue weighted by atomic mass is 10.2. The Morgan fingerprint density at radius 3 is 2.83 bits per heavy atom. The van der Waals surface area contributed by atoms with Gasteiger partial charge >= 0.3 is 5.97 Å². The number of carbonyl (C=O) groups excluding carboxylic acids is 1. The van der Waals surface area contributed by atoms with Gasteiger partial charge in [-0.15, -0.1) is 0 Å². The van der Waals surface area contributed by atoms with Gasteiger partial charge in [0, 0.05) is 0 Å². The first-order valence-corrected chi connectivity index (χ1v) is 5.09. The summed E-state index contributed by atoms with van der Waals surface area (Å²) >= 11 is 0. The summed E-state index contributed by atoms with van der Waals surface area (Å²) in [6, 6.07) is 9.15. The van der Waals surface area contributed by atoms with E-state index in [1.807, 2.05) is 30.3 Å². The molecule has 0 unspecified atom stereocenters. The monoisotopic (exact) mass is 246 g/mol. The normalized spacial score (nSPS) is 11.2. The van der Waals surface area contributed by atoms with Gasteiger partial charge in [0.15, 0.2) is 0 Å². The molecule has 2 aromatic rings. The van der Waals surface area contributed by atoms with Crippen molar-refractivity contribution in [3.8, 4) is 0 Å². The highest BCUT2D eigenvalue weighted by Gasteiger charge is 2.08. The van der Waals surface area contributed by atoms with E-state index in [2.05, 4.69) is 24.7 Å². The van der Waals surface area contributed by atoms with Crippen LogP contribution in [0.1, 0.15) is 11.4 Å². The fourth-order valence-electron chi connectivity index (χ4n) is 1.22. The van der Waals surface area contributed by atoms with Crippen molar-refractivity contribution >= 4 is 11.8 Å². The number of rotatable bonds is 4. The van der Waals surface area contributed by atoms with E-state index < -0.39 is 5.97 Å². The summed E-state index contributed by atoms with van der Waals surface area (Å²) in [5.41, 5.74) is 6.30. The van der Waals surface area contributed by atoms with Gasteiger partial charge in [0.25, 0.3) is 0 Å². The topological polar surface area (TPSA) is 104 Å². The Labute approximate surface area is 102 Å². The minimum atomic E-state index is -0.521. The summed E-state index contributed by atoms with van der Waals surface area (Å²) in [4.78, 5) is 19.7. The fraction of sp³-hybridized carbons (Fsp3) is 0.0909. The third-order valence-electron chi connectivity index (χ3n) is 2.03. The van der Waals surface area contributed by atoms with Crippen LogP contribution in [0.15, 0.2) is 46.4 Å². The molecule has 0 amide bonds. The Balaban J connectivity index is 1.91. The molecule has 0 aliphatic rings. The van der Waals surface area contributed by atoms with Gasteiger partial charge in [-0.3, -0.25) is 0 Å². The Bertz CT molecular complexity index is 537. The van der Waals surface area contributed by atoms with E-state index >= 15 is 0 Å². The molecule has 1 aromatic carbocycles. The van der Waals surface area contributed by atoms with Crippen LogP contribution in [0.25, 0.3) is 0 Å². The molecule has 1 aromatic heterocycles. The molecule has 0 fully saturated rings. The molecule has 1 heterocycles. The van der Waals surface area contributed by atoms with Crippen molar-refractivity contribution in [1.82, 2.24) is 10.1 Å². The molecule has 2 N–H and O–H groups in total. The SMILES string of the molecule is NC(=NOC(=O)Cc1ccccc1)c1ncon1. The van der Waals surface area contributed by atoms with Crippen molar-refractivity contribution in [2.24, 2.45) is 10.9 Å². The first-order valence-electron chi connectivity index (χ1n) is 5.09. The third kappa shape index (κ3) is 3.14. The lowest BCUT2D eigenvalue weighted by Crippen LogP contribution is -2.17. The van der Waals surface area contributed by atoms with E-state index in [4.69, 9.17) is 5.73 Å². The molecule has 0 atom stereocenters. The predicted molar refractivity (Wildman–Crippen MR) is 61.3 cm³/mol. The van der Waals surface area contributed by atoms with Crippen molar-refractivity contribution in [3.63, 3.8) is 0 Å². The Morgan fingerprint density at radius 2 is 2.17 bits per heavy atom. The molecular formula is C11H10N4O3. The van der Waals surface area contributed by atoms with Gasteiger partial charge in [-0.1, -0.05) is 40.6 Å². The molecule has 0 saturated carbocycles. The van der Waals surface area contributed by atoms with Gasteiger partial charge in [-0.2, -0.15) is 4.98 Å². The van der Waals surface area contributed by atoms with Gasteiger partial charge in [0.05, 0.1) is 6.42 Å². The highest BCUT2D eigenvalue weighted by atomic mass is 16.7. The van der Waals surface area contributed by atoms with Gasteiger partial charge in [-0.05, 0) is 5.56 Å². The molecule has 7 nitrogen and oxygen atoms in total. The molecule has 0 radical (unpaired) electrons. The highest BCUT2D eigenvalue weighted by molar-refractivity contribution is 5.93. The van der Waals surface area contributed by atoms with Crippen molar-refractivity contribution in [2.75, 3.05) is 0 Å². The fourth-order valence-corrected chi connectivity index (χ4v) is 1.22. The van der Waals surface area contributed by atoms with Crippen molar-refractivity contribution < 1.29 is 14.2 Å². The molecular weight excluding hydrogens is 236 g/mol. The molecule has 0 bridgehead atoms. The molecule has 0 aliphatic heterocycles. The second-order valence-corrected chi connectivity index (χ2v) is 3.36. The number of carbonyl (C=O) groups is 1. The average molecular weight is 246 g/mol. The Kier molecular flexibility index (Phi) is 3.65. The third-order valence-corrected chi connectivity index (χ3v) is 2.03. The number of benzene rings is 1. The number of nitrogens with two attached hydrogens (primary N) is 1. The summed E-state index contributed by atoms with van der Waals surface area (Å²) in [5.74, 6) is -0.569. The minimum Gasteiger partial charge on any atom is -0.378 e. The van der Waals surface area contributed by atoms with E-state index in [1.54, 1.807) is 0 Å². The lowest BCUT2D eigenvalue weighted by molar-refractivity contribution is -0.142. The molecule has 0 spiro atoms. The quantitative estimate of drug-likeness (QED) is 0.364. The standard InChI is InChI=1S/C11H10N4O3/c12-10(11-13-7-17-15-11)14-18-9(16)6-8-4-2-1-3-5-8/h1-5,7H,6H2,(H2,12,14). The van der Waals surface area contributed by atoms with E-state index in [0.717, 1.165) is 12.0 Å². The first kappa shape index (κ1) is 11.8. The predicted octanol–water partition coefficient (Wildman–Crippen LogP) is 0.476. The van der Waals surface area contributed by atoms with Gasteiger partial charge < -0.3 is 15.1 Å². The second kappa shape index (κ2) is 5.58. The van der Waals surface area contributed by atoms with Gasteiger partial charge in [0.1, 0.15) is 0 Å². The van der Waals surface area contributed by atoms with Crippen LogP contribution in [0.2, 0.25) is 0 Å². The number of amidine groups is 1. The first-order chi connectivity index (χ1) is 8.75. The van der Waals surface area contributed by atoms with Crippen molar-refractivity contribution in [2.45, 2.75) is 6.42 Å². The summed E-state index contributed by atoms with van der Waals surface area (Å²) in [7, 11) is 0. The van der Waals surface area contributed by atoms with Crippen LogP contribution in [-0.4, -0.2) is 21.9 Å². The summed E-state index contributed by atoms with van der Waals surface area (Å²) in [5, 5.41) is 6.87. The van der Waals surface area contributed by atoms with Crippen LogP contribution in [0.4, 0.5) is 0 Å². The van der Waals surface area contributed by atoms with E-state index in [9.17, 15) is 4.79 Å². The maximum Gasteiger partial charge on any atom is 0.339 e. The molecule has 2 rings (SSSR count). The molecule has 0 aliphatic carbocycles. The van der Waals surface area contributed by atoms with Crippen molar-refractivity contribution in [3.05, 3.63) is 48.1 Å². The minimum absolute atomic E-state index is 0.0718. The molecule has 18 heavy (non-hydrogen) atoms. The second-order valence-electron chi connectivity index (χ2n) is 3.36. The molecule has 7 heteroatoms. The molecule has 92 valence electrons. The summed E-state index contributed by atoms with van der Waals surface area (Å²) < 4.78 is 4.48. The summed E-state index contributed by atoms with van der Waals surface area (Å²) in [6.07, 6.45) is 1.22. The van der Waals surface area contributed by atoms with Crippen LogP contribution in [0, 0.1) is 0 Å². The Morgan fingerprint density at radius 1 is 1.39 bits per heavy atom. The summed E-state index contributed by atoms with van der Waals surface area (Å²) in [6.45, 7) is 0. The van der Waals surface area contributed by atoms with Crippen LogP contribution in [0.3, 0.4) is 0 Å². The number of hydrogen-bond acceptors (Lipinski definition) is 6. The van der Waals surface area contributed by atoms with Crippen molar-refractivity contribution in [1.29, 1.82) is 0 Å². The van der Waals surface area contributed by atoms with Crippen LogP contribution < -0.4 is 5.73 Å². The zero-order chi connectivity index (χ0) is 12.8. The van der Waals surface area contributed by atoms with Gasteiger partial charge in [-0.25, -0.2) is 4.79 Å². The van der Waals surface area contributed by atoms with Gasteiger partial charge in [0.2, 0.25) is 18.1 Å². The number of hydrogen-bond donors (Lipinski definition) is 1. The largest absolute Gasteiger partial charge is 0.378 e. The zero-order valence-corrected chi connectivity index (χ0v) is 9.31. The number of nitrogens with zero attached hydrogens (tertiary/aromatic N) is 3. The lowest BCUT2D eigenvalue weighted by Gasteiger charge is -1.98.